The quantitative estimate of drug-likeness (QED) is 0.744. The molecule has 0 saturated heterocycles. The first-order valence-corrected chi connectivity index (χ1v) is 6.80. The number of hydrogen-bond donors (Lipinski definition) is 3. The molecule has 0 radical (unpaired) electrons. The minimum Gasteiger partial charge on any atom is -0.480 e. The van der Waals surface area contributed by atoms with Crippen LogP contribution in [0.1, 0.15) is 38.5 Å². The maximum absolute atomic E-state index is 12.0. The molecule has 0 aliphatic heterocycles. The van der Waals surface area contributed by atoms with Gasteiger partial charge in [0, 0.05) is 18.2 Å². The Balaban J connectivity index is 1.87. The summed E-state index contributed by atoms with van der Waals surface area (Å²) in [7, 11) is 0. The van der Waals surface area contributed by atoms with Crippen molar-refractivity contribution in [2.75, 3.05) is 5.32 Å². The van der Waals surface area contributed by atoms with Crippen molar-refractivity contribution in [3.05, 3.63) is 12.4 Å². The average Bonchev–Trinajstić information content (AvgIpc) is 2.75. The van der Waals surface area contributed by atoms with E-state index >= 15 is 0 Å². The molecule has 4 N–H and O–H groups in total. The lowest BCUT2D eigenvalue weighted by atomic mass is 9.80. The van der Waals surface area contributed by atoms with E-state index in [1.54, 1.807) is 0 Å². The number of aliphatic carboxylic acids is 1. The fourth-order valence-electron chi connectivity index (χ4n) is 2.61. The van der Waals surface area contributed by atoms with Crippen LogP contribution in [-0.2, 0) is 16.1 Å². The molecule has 0 unspecified atom stereocenters. The third kappa shape index (κ3) is 4.06. The number of nitrogens with two attached hydrogens (primary N) is 1. The molecule has 0 aromatic carbocycles. The van der Waals surface area contributed by atoms with Gasteiger partial charge in [0.15, 0.2) is 0 Å². The number of nitrogens with zero attached hydrogens (tertiary/aromatic N) is 2. The van der Waals surface area contributed by atoms with Crippen LogP contribution in [0.2, 0.25) is 0 Å². The molecule has 1 amide bonds. The molecule has 1 saturated carbocycles. The van der Waals surface area contributed by atoms with Gasteiger partial charge in [-0.3, -0.25) is 14.3 Å². The second-order valence-corrected chi connectivity index (χ2v) is 5.47. The lowest BCUT2D eigenvalue weighted by Gasteiger charge is -2.32. The standard InChI is InChI=1S/C13H20N4O3/c14-13(4-2-1-3-5-13)6-11(18)16-10-7-15-17(8-10)9-12(19)20/h7-8H,1-6,9,14H2,(H,16,18)(H,19,20). The number of rotatable bonds is 5. The lowest BCUT2D eigenvalue weighted by molar-refractivity contribution is -0.137. The molecule has 0 bridgehead atoms. The summed E-state index contributed by atoms with van der Waals surface area (Å²) >= 11 is 0. The molecule has 7 heteroatoms. The van der Waals surface area contributed by atoms with Crippen LogP contribution in [0.25, 0.3) is 0 Å². The summed E-state index contributed by atoms with van der Waals surface area (Å²) < 4.78 is 1.26. The molecule has 7 nitrogen and oxygen atoms in total. The van der Waals surface area contributed by atoms with Crippen LogP contribution in [0, 0.1) is 0 Å². The number of carboxylic acid groups (broad SMARTS) is 1. The zero-order valence-corrected chi connectivity index (χ0v) is 11.3. The molecular formula is C13H20N4O3. The second-order valence-electron chi connectivity index (χ2n) is 5.47. The van der Waals surface area contributed by atoms with Crippen molar-refractivity contribution in [3.63, 3.8) is 0 Å². The SMILES string of the molecule is NC1(CC(=O)Nc2cnn(CC(=O)O)c2)CCCCC1. The Morgan fingerprint density at radius 3 is 2.75 bits per heavy atom. The molecule has 1 fully saturated rings. The molecule has 20 heavy (non-hydrogen) atoms. The van der Waals surface area contributed by atoms with Crippen molar-refractivity contribution in [2.24, 2.45) is 5.73 Å². The number of aromatic nitrogens is 2. The maximum atomic E-state index is 12.0. The van der Waals surface area contributed by atoms with Gasteiger partial charge >= 0.3 is 5.97 Å². The van der Waals surface area contributed by atoms with Gasteiger partial charge in [0.05, 0.1) is 11.9 Å². The molecule has 1 aliphatic carbocycles. The smallest absolute Gasteiger partial charge is 0.325 e. The fourth-order valence-corrected chi connectivity index (χ4v) is 2.61. The number of carboxylic acids is 1. The highest BCUT2D eigenvalue weighted by Gasteiger charge is 2.30. The van der Waals surface area contributed by atoms with E-state index in [0.29, 0.717) is 5.69 Å². The second kappa shape index (κ2) is 6.04. The van der Waals surface area contributed by atoms with E-state index in [0.717, 1.165) is 25.7 Å². The lowest BCUT2D eigenvalue weighted by Crippen LogP contribution is -2.44. The Morgan fingerprint density at radius 1 is 1.40 bits per heavy atom. The summed E-state index contributed by atoms with van der Waals surface area (Å²) in [5, 5.41) is 15.2. The monoisotopic (exact) mass is 280 g/mol. The Morgan fingerprint density at radius 2 is 2.10 bits per heavy atom. The van der Waals surface area contributed by atoms with Gasteiger partial charge in [-0.25, -0.2) is 0 Å². The highest BCUT2D eigenvalue weighted by molar-refractivity contribution is 5.91. The number of hydrogen-bond acceptors (Lipinski definition) is 4. The predicted octanol–water partition coefficient (Wildman–Crippen LogP) is 0.958. The van der Waals surface area contributed by atoms with Gasteiger partial charge in [0.1, 0.15) is 6.54 Å². The van der Waals surface area contributed by atoms with Crippen molar-refractivity contribution < 1.29 is 14.7 Å². The Bertz CT molecular complexity index is 492. The maximum Gasteiger partial charge on any atom is 0.325 e. The Labute approximate surface area is 117 Å². The molecule has 0 spiro atoms. The summed E-state index contributed by atoms with van der Waals surface area (Å²) in [6.45, 7) is -0.225. The van der Waals surface area contributed by atoms with Crippen LogP contribution in [0.4, 0.5) is 5.69 Å². The van der Waals surface area contributed by atoms with Crippen LogP contribution in [-0.4, -0.2) is 32.3 Å². The largest absolute Gasteiger partial charge is 0.480 e. The summed E-state index contributed by atoms with van der Waals surface area (Å²) in [6, 6.07) is 0. The molecule has 2 rings (SSSR count). The van der Waals surface area contributed by atoms with E-state index in [4.69, 9.17) is 10.8 Å². The number of amides is 1. The highest BCUT2D eigenvalue weighted by atomic mass is 16.4. The van der Waals surface area contributed by atoms with Gasteiger partial charge in [0.2, 0.25) is 5.91 Å². The number of carbonyl (C=O) groups is 2. The summed E-state index contributed by atoms with van der Waals surface area (Å²) in [5.41, 5.74) is 6.32. The first kappa shape index (κ1) is 14.5. The first-order valence-electron chi connectivity index (χ1n) is 6.80. The average molecular weight is 280 g/mol. The minimum atomic E-state index is -0.978. The van der Waals surface area contributed by atoms with E-state index in [1.165, 1.54) is 23.5 Å². The number of nitrogens with one attached hydrogen (secondary N) is 1. The highest BCUT2D eigenvalue weighted by Crippen LogP contribution is 2.28. The van der Waals surface area contributed by atoms with Crippen LogP contribution < -0.4 is 11.1 Å². The molecule has 1 aromatic heterocycles. The molecular weight excluding hydrogens is 260 g/mol. The van der Waals surface area contributed by atoms with Crippen molar-refractivity contribution in [2.45, 2.75) is 50.6 Å². The fraction of sp³-hybridized carbons (Fsp3) is 0.615. The molecule has 1 heterocycles. The summed E-state index contributed by atoms with van der Waals surface area (Å²) in [4.78, 5) is 22.5. The van der Waals surface area contributed by atoms with Gasteiger partial charge in [0.25, 0.3) is 0 Å². The van der Waals surface area contributed by atoms with Crippen molar-refractivity contribution in [1.82, 2.24) is 9.78 Å². The van der Waals surface area contributed by atoms with Crippen LogP contribution in [0.5, 0.6) is 0 Å². The first-order chi connectivity index (χ1) is 9.47. The van der Waals surface area contributed by atoms with Crippen molar-refractivity contribution in [3.8, 4) is 0 Å². The van der Waals surface area contributed by atoms with Crippen molar-refractivity contribution in [1.29, 1.82) is 0 Å². The van der Waals surface area contributed by atoms with E-state index in [-0.39, 0.29) is 18.9 Å². The van der Waals surface area contributed by atoms with E-state index in [1.807, 2.05) is 0 Å². The van der Waals surface area contributed by atoms with Crippen LogP contribution >= 0.6 is 0 Å². The normalized spacial score (nSPS) is 17.6. The van der Waals surface area contributed by atoms with Gasteiger partial charge in [-0.1, -0.05) is 19.3 Å². The van der Waals surface area contributed by atoms with Gasteiger partial charge < -0.3 is 16.2 Å². The van der Waals surface area contributed by atoms with Crippen LogP contribution in [0.3, 0.4) is 0 Å². The third-order valence-corrected chi connectivity index (χ3v) is 3.58. The molecule has 0 atom stereocenters. The molecule has 1 aromatic rings. The van der Waals surface area contributed by atoms with E-state index in [9.17, 15) is 9.59 Å². The molecule has 1 aliphatic rings. The summed E-state index contributed by atoms with van der Waals surface area (Å²) in [5.74, 6) is -1.13. The predicted molar refractivity (Wildman–Crippen MR) is 73.1 cm³/mol. The van der Waals surface area contributed by atoms with E-state index in [2.05, 4.69) is 10.4 Å². The van der Waals surface area contributed by atoms with Gasteiger partial charge in [-0.2, -0.15) is 5.10 Å². The summed E-state index contributed by atoms with van der Waals surface area (Å²) in [6.07, 6.45) is 8.29. The topological polar surface area (TPSA) is 110 Å². The van der Waals surface area contributed by atoms with Gasteiger partial charge in [-0.15, -0.1) is 0 Å². The molecule has 110 valence electrons. The van der Waals surface area contributed by atoms with Crippen molar-refractivity contribution >= 4 is 17.6 Å². The third-order valence-electron chi connectivity index (χ3n) is 3.58. The van der Waals surface area contributed by atoms with E-state index < -0.39 is 11.5 Å². The Hall–Kier alpha value is -1.89. The minimum absolute atomic E-state index is 0.149. The Kier molecular flexibility index (Phi) is 4.39. The van der Waals surface area contributed by atoms with Crippen LogP contribution in [0.15, 0.2) is 12.4 Å². The number of carbonyl (C=O) groups excluding carboxylic acids is 1. The zero-order valence-electron chi connectivity index (χ0n) is 11.3. The number of anilines is 1. The zero-order chi connectivity index (χ0) is 14.6. The van der Waals surface area contributed by atoms with Gasteiger partial charge in [-0.05, 0) is 12.8 Å².